The van der Waals surface area contributed by atoms with Crippen molar-refractivity contribution < 1.29 is 8.78 Å². The van der Waals surface area contributed by atoms with E-state index in [0.29, 0.717) is 5.13 Å². The summed E-state index contributed by atoms with van der Waals surface area (Å²) < 4.78 is 26.0. The number of hydrazone groups is 1. The highest BCUT2D eigenvalue weighted by molar-refractivity contribution is 7.13. The number of hydrogen-bond donors (Lipinski definition) is 1. The van der Waals surface area contributed by atoms with E-state index in [4.69, 9.17) is 0 Å². The third kappa shape index (κ3) is 3.07. The average Bonchev–Trinajstić information content (AvgIpc) is 2.69. The van der Waals surface area contributed by atoms with E-state index in [9.17, 15) is 8.78 Å². The predicted molar refractivity (Wildman–Crippen MR) is 64.4 cm³/mol. The summed E-state index contributed by atoms with van der Waals surface area (Å²) in [6, 6.07) is 3.20. The van der Waals surface area contributed by atoms with Gasteiger partial charge in [0.05, 0.1) is 11.9 Å². The van der Waals surface area contributed by atoms with Crippen LogP contribution in [0.3, 0.4) is 0 Å². The maximum Gasteiger partial charge on any atom is 0.203 e. The Hall–Kier alpha value is -1.82. The van der Waals surface area contributed by atoms with Crippen LogP contribution in [0.1, 0.15) is 11.3 Å². The molecule has 6 heteroatoms. The number of nitrogens with zero attached hydrogens (tertiary/aromatic N) is 2. The lowest BCUT2D eigenvalue weighted by Crippen LogP contribution is -1.93. The number of hydrogen-bond acceptors (Lipinski definition) is 4. The van der Waals surface area contributed by atoms with Gasteiger partial charge < -0.3 is 0 Å². The van der Waals surface area contributed by atoms with E-state index in [1.165, 1.54) is 17.6 Å². The van der Waals surface area contributed by atoms with Crippen molar-refractivity contribution in [2.75, 3.05) is 5.43 Å². The molecule has 1 aromatic carbocycles. The van der Waals surface area contributed by atoms with Gasteiger partial charge in [-0.3, -0.25) is 5.43 Å². The van der Waals surface area contributed by atoms with Gasteiger partial charge in [0.1, 0.15) is 11.6 Å². The topological polar surface area (TPSA) is 37.3 Å². The Morgan fingerprint density at radius 1 is 1.41 bits per heavy atom. The summed E-state index contributed by atoms with van der Waals surface area (Å²) in [5, 5.41) is 6.26. The summed E-state index contributed by atoms with van der Waals surface area (Å²) >= 11 is 1.39. The van der Waals surface area contributed by atoms with Crippen LogP contribution >= 0.6 is 11.3 Å². The van der Waals surface area contributed by atoms with E-state index >= 15 is 0 Å². The summed E-state index contributed by atoms with van der Waals surface area (Å²) in [6.45, 7) is 1.86. The number of thiazole rings is 1. The molecule has 0 amide bonds. The number of benzene rings is 1. The van der Waals surface area contributed by atoms with Crippen molar-refractivity contribution in [3.8, 4) is 0 Å². The summed E-state index contributed by atoms with van der Waals surface area (Å²) in [6.07, 6.45) is 1.22. The summed E-state index contributed by atoms with van der Waals surface area (Å²) in [5.41, 5.74) is 3.62. The SMILES string of the molecule is Cc1csc(NN=Cc2cc(F)ccc2F)n1. The molecule has 0 radical (unpaired) electrons. The zero-order valence-corrected chi connectivity index (χ0v) is 9.76. The minimum absolute atomic E-state index is 0.0887. The molecule has 0 atom stereocenters. The molecule has 2 aromatic rings. The number of aryl methyl sites for hydroxylation is 1. The Morgan fingerprint density at radius 2 is 2.24 bits per heavy atom. The van der Waals surface area contributed by atoms with Crippen molar-refractivity contribution in [3.63, 3.8) is 0 Å². The van der Waals surface area contributed by atoms with Crippen molar-refractivity contribution in [1.82, 2.24) is 4.98 Å². The predicted octanol–water partition coefficient (Wildman–Crippen LogP) is 3.18. The van der Waals surface area contributed by atoms with Crippen molar-refractivity contribution in [1.29, 1.82) is 0 Å². The van der Waals surface area contributed by atoms with Crippen LogP contribution in [0, 0.1) is 18.6 Å². The Kier molecular flexibility index (Phi) is 3.43. The minimum Gasteiger partial charge on any atom is -0.253 e. The van der Waals surface area contributed by atoms with Crippen molar-refractivity contribution in [3.05, 3.63) is 46.5 Å². The number of rotatable bonds is 3. The van der Waals surface area contributed by atoms with E-state index in [1.807, 2.05) is 12.3 Å². The molecule has 0 aliphatic heterocycles. The number of aromatic nitrogens is 1. The Morgan fingerprint density at radius 3 is 2.94 bits per heavy atom. The van der Waals surface area contributed by atoms with Crippen LogP contribution in [0.4, 0.5) is 13.9 Å². The van der Waals surface area contributed by atoms with E-state index in [0.717, 1.165) is 23.9 Å². The van der Waals surface area contributed by atoms with Gasteiger partial charge in [0, 0.05) is 10.9 Å². The second-order valence-corrected chi connectivity index (χ2v) is 4.19. The molecule has 2 rings (SSSR count). The molecule has 0 aliphatic carbocycles. The molecule has 0 aliphatic rings. The lowest BCUT2D eigenvalue weighted by Gasteiger charge is -1.96. The van der Waals surface area contributed by atoms with Crippen LogP contribution < -0.4 is 5.43 Å². The summed E-state index contributed by atoms with van der Waals surface area (Å²) in [5.74, 6) is -1.02. The van der Waals surface area contributed by atoms with Crippen LogP contribution in [-0.2, 0) is 0 Å². The van der Waals surface area contributed by atoms with Gasteiger partial charge in [-0.25, -0.2) is 13.8 Å². The highest BCUT2D eigenvalue weighted by atomic mass is 32.1. The first-order valence-electron chi connectivity index (χ1n) is 4.81. The average molecular weight is 253 g/mol. The lowest BCUT2D eigenvalue weighted by atomic mass is 10.2. The van der Waals surface area contributed by atoms with Crippen molar-refractivity contribution in [2.45, 2.75) is 6.92 Å². The molecular formula is C11H9F2N3S. The maximum absolute atomic E-state index is 13.2. The highest BCUT2D eigenvalue weighted by Gasteiger charge is 2.01. The van der Waals surface area contributed by atoms with Crippen LogP contribution in [-0.4, -0.2) is 11.2 Å². The molecule has 3 nitrogen and oxygen atoms in total. The molecule has 0 unspecified atom stereocenters. The smallest absolute Gasteiger partial charge is 0.203 e. The standard InChI is InChI=1S/C11H9F2N3S/c1-7-6-17-11(15-7)16-14-5-8-4-9(12)2-3-10(8)13/h2-6H,1H3,(H,15,16). The second-order valence-electron chi connectivity index (χ2n) is 3.33. The van der Waals surface area contributed by atoms with E-state index < -0.39 is 11.6 Å². The van der Waals surface area contributed by atoms with Crippen molar-refractivity contribution >= 4 is 22.7 Å². The van der Waals surface area contributed by atoms with Gasteiger partial charge in [-0.05, 0) is 25.1 Å². The Labute approximate surface area is 101 Å². The first kappa shape index (κ1) is 11.7. The van der Waals surface area contributed by atoms with Gasteiger partial charge in [0.25, 0.3) is 0 Å². The lowest BCUT2D eigenvalue weighted by molar-refractivity contribution is 0.598. The normalized spacial score (nSPS) is 11.0. The van der Waals surface area contributed by atoms with Gasteiger partial charge >= 0.3 is 0 Å². The highest BCUT2D eigenvalue weighted by Crippen LogP contribution is 2.14. The first-order valence-corrected chi connectivity index (χ1v) is 5.69. The zero-order chi connectivity index (χ0) is 12.3. The maximum atomic E-state index is 13.2. The molecule has 0 saturated heterocycles. The van der Waals surface area contributed by atoms with Gasteiger partial charge in [0.15, 0.2) is 0 Å². The Bertz CT molecular complexity index is 551. The van der Waals surface area contributed by atoms with Crippen LogP contribution in [0.15, 0.2) is 28.7 Å². The number of anilines is 1. The van der Waals surface area contributed by atoms with Crippen molar-refractivity contribution in [2.24, 2.45) is 5.10 Å². The fourth-order valence-electron chi connectivity index (χ4n) is 1.18. The molecular weight excluding hydrogens is 244 g/mol. The van der Waals surface area contributed by atoms with Gasteiger partial charge in [-0.1, -0.05) is 0 Å². The van der Waals surface area contributed by atoms with E-state index in [-0.39, 0.29) is 5.56 Å². The number of nitrogens with one attached hydrogen (secondary N) is 1. The minimum atomic E-state index is -0.521. The molecule has 17 heavy (non-hydrogen) atoms. The third-order valence-electron chi connectivity index (χ3n) is 1.94. The molecule has 0 saturated carbocycles. The molecule has 88 valence electrons. The quantitative estimate of drug-likeness (QED) is 0.673. The fraction of sp³-hybridized carbons (Fsp3) is 0.0909. The van der Waals surface area contributed by atoms with Gasteiger partial charge in [0.2, 0.25) is 5.13 Å². The zero-order valence-electron chi connectivity index (χ0n) is 8.95. The third-order valence-corrected chi connectivity index (χ3v) is 2.81. The van der Waals surface area contributed by atoms with E-state index in [2.05, 4.69) is 15.5 Å². The summed E-state index contributed by atoms with van der Waals surface area (Å²) in [4.78, 5) is 4.11. The molecule has 1 aromatic heterocycles. The van der Waals surface area contributed by atoms with E-state index in [1.54, 1.807) is 0 Å². The van der Waals surface area contributed by atoms with Crippen LogP contribution in [0.2, 0.25) is 0 Å². The van der Waals surface area contributed by atoms with Gasteiger partial charge in [-0.15, -0.1) is 11.3 Å². The molecule has 0 bridgehead atoms. The molecule has 1 heterocycles. The summed E-state index contributed by atoms with van der Waals surface area (Å²) in [7, 11) is 0. The molecule has 0 spiro atoms. The first-order chi connectivity index (χ1) is 8.15. The van der Waals surface area contributed by atoms with Crippen LogP contribution in [0.5, 0.6) is 0 Å². The monoisotopic (exact) mass is 253 g/mol. The largest absolute Gasteiger partial charge is 0.253 e. The van der Waals surface area contributed by atoms with Crippen LogP contribution in [0.25, 0.3) is 0 Å². The second kappa shape index (κ2) is 5.01. The fourth-order valence-corrected chi connectivity index (χ4v) is 1.81. The molecule has 0 fully saturated rings. The molecule has 1 N–H and O–H groups in total. The van der Waals surface area contributed by atoms with Gasteiger partial charge in [-0.2, -0.15) is 5.10 Å². The number of halogens is 2. The Balaban J connectivity index is 2.07.